The molecular weight excluding hydrogens is 617 g/mol. The van der Waals surface area contributed by atoms with Crippen molar-refractivity contribution in [3.63, 3.8) is 0 Å². The second-order valence-electron chi connectivity index (χ2n) is 17.7. The van der Waals surface area contributed by atoms with E-state index in [4.69, 9.17) is 0 Å². The second kappa shape index (κ2) is 10.0. The predicted molar refractivity (Wildman–Crippen MR) is 205 cm³/mol. The van der Waals surface area contributed by atoms with Gasteiger partial charge >= 0.3 is 0 Å². The van der Waals surface area contributed by atoms with Gasteiger partial charge in [-0.15, -0.1) is 0 Å². The largest absolute Gasteiger partial charge is 0.310 e. The summed E-state index contributed by atoms with van der Waals surface area (Å²) in [7, 11) is 0. The van der Waals surface area contributed by atoms with Gasteiger partial charge in [-0.05, 0) is 162 Å². The van der Waals surface area contributed by atoms with Crippen molar-refractivity contribution in [3.05, 3.63) is 137 Å². The van der Waals surface area contributed by atoms with Gasteiger partial charge in [-0.3, -0.25) is 0 Å². The van der Waals surface area contributed by atoms with Crippen LogP contribution in [0.15, 0.2) is 109 Å². The Labute approximate surface area is 302 Å². The first-order chi connectivity index (χ1) is 25.1. The number of fused-ring (bicyclic) bond motifs is 15. The van der Waals surface area contributed by atoms with Crippen molar-refractivity contribution in [2.24, 2.45) is 41.4 Å². The van der Waals surface area contributed by atoms with E-state index in [9.17, 15) is 5.26 Å². The molecule has 5 fully saturated rings. The van der Waals surface area contributed by atoms with Crippen LogP contribution in [-0.4, -0.2) is 0 Å². The molecule has 51 heavy (non-hydrogen) atoms. The van der Waals surface area contributed by atoms with E-state index in [0.29, 0.717) is 23.3 Å². The first-order valence-corrected chi connectivity index (χ1v) is 19.9. The van der Waals surface area contributed by atoms with Crippen molar-refractivity contribution in [2.75, 3.05) is 4.90 Å². The van der Waals surface area contributed by atoms with E-state index in [-0.39, 0.29) is 10.8 Å². The Morgan fingerprint density at radius 2 is 1.39 bits per heavy atom. The van der Waals surface area contributed by atoms with Gasteiger partial charge in [0.1, 0.15) is 0 Å². The molecule has 7 aliphatic carbocycles. The van der Waals surface area contributed by atoms with Gasteiger partial charge in [0.15, 0.2) is 0 Å². The number of rotatable bonds is 3. The van der Waals surface area contributed by atoms with Gasteiger partial charge in [-0.1, -0.05) is 86.1 Å². The SMILES string of the molecule is C[C@H]1CC2C[C@@H]3C[C@H](CC23)[C@@]12c1ccccc1-c1c(N(c3cccc(C#N)c3)c3ccc4c(c3)C3(CC5CCC3C5)c3ccccc3-4)cccc12. The lowest BCUT2D eigenvalue weighted by Gasteiger charge is -2.48. The summed E-state index contributed by atoms with van der Waals surface area (Å²) in [5, 5.41) is 10.1. The Morgan fingerprint density at radius 3 is 2.24 bits per heavy atom. The topological polar surface area (TPSA) is 27.0 Å². The molecule has 0 radical (unpaired) electrons. The minimum absolute atomic E-state index is 0.0526. The zero-order chi connectivity index (χ0) is 33.6. The lowest BCUT2D eigenvalue weighted by atomic mass is 9.56. The minimum atomic E-state index is 0.0526. The number of nitrogens with zero attached hydrogens (tertiary/aromatic N) is 2. The van der Waals surface area contributed by atoms with Crippen LogP contribution in [-0.2, 0) is 10.8 Å². The quantitative estimate of drug-likeness (QED) is 0.193. The molecule has 5 unspecified atom stereocenters. The highest BCUT2D eigenvalue weighted by Crippen LogP contribution is 2.71. The number of anilines is 3. The summed E-state index contributed by atoms with van der Waals surface area (Å²) in [6.07, 6.45) is 10.9. The summed E-state index contributed by atoms with van der Waals surface area (Å²) in [4.78, 5) is 2.52. The molecule has 7 aliphatic rings. The molecule has 0 saturated heterocycles. The summed E-state index contributed by atoms with van der Waals surface area (Å²) in [6, 6.07) is 44.2. The van der Waals surface area contributed by atoms with E-state index < -0.39 is 0 Å². The van der Waals surface area contributed by atoms with E-state index in [1.165, 1.54) is 90.6 Å². The molecule has 12 rings (SSSR count). The molecule has 0 amide bonds. The fourth-order valence-corrected chi connectivity index (χ4v) is 14.2. The molecular formula is C49H44N2. The van der Waals surface area contributed by atoms with Gasteiger partial charge in [0.05, 0.1) is 17.3 Å². The maximum absolute atomic E-state index is 10.1. The van der Waals surface area contributed by atoms with Crippen LogP contribution in [0.2, 0.25) is 0 Å². The molecule has 2 heteroatoms. The molecule has 0 N–H and O–H groups in total. The summed E-state index contributed by atoms with van der Waals surface area (Å²) < 4.78 is 0. The average molecular weight is 661 g/mol. The van der Waals surface area contributed by atoms with Gasteiger partial charge in [0.25, 0.3) is 0 Å². The molecule has 250 valence electrons. The number of nitriles is 1. The number of hydrogen-bond donors (Lipinski definition) is 0. The van der Waals surface area contributed by atoms with Gasteiger partial charge < -0.3 is 4.90 Å². The average Bonchev–Trinajstić information content (AvgIpc) is 3.97. The fraction of sp³-hybridized carbons (Fsp3) is 0.367. The van der Waals surface area contributed by atoms with E-state index in [0.717, 1.165) is 29.4 Å². The molecule has 4 bridgehead atoms. The molecule has 5 aromatic rings. The minimum Gasteiger partial charge on any atom is -0.310 e. The Hall–Kier alpha value is -4.61. The van der Waals surface area contributed by atoms with Crippen LogP contribution in [0.3, 0.4) is 0 Å². The van der Waals surface area contributed by atoms with Crippen molar-refractivity contribution < 1.29 is 0 Å². The predicted octanol–water partition coefficient (Wildman–Crippen LogP) is 12.1. The number of hydrogen-bond acceptors (Lipinski definition) is 2. The molecule has 0 heterocycles. The van der Waals surface area contributed by atoms with E-state index in [2.05, 4.69) is 121 Å². The third-order valence-corrected chi connectivity index (χ3v) is 15.9. The molecule has 5 saturated carbocycles. The molecule has 5 aromatic carbocycles. The van der Waals surface area contributed by atoms with Gasteiger partial charge in [0, 0.05) is 27.8 Å². The maximum atomic E-state index is 10.1. The zero-order valence-corrected chi connectivity index (χ0v) is 29.5. The smallest absolute Gasteiger partial charge is 0.0992 e. The Morgan fingerprint density at radius 1 is 0.627 bits per heavy atom. The second-order valence-corrected chi connectivity index (χ2v) is 17.7. The van der Waals surface area contributed by atoms with E-state index in [1.54, 1.807) is 16.7 Å². The highest BCUT2D eigenvalue weighted by atomic mass is 15.1. The lowest BCUT2D eigenvalue weighted by molar-refractivity contribution is 0.0653. The van der Waals surface area contributed by atoms with Crippen LogP contribution in [0, 0.1) is 52.8 Å². The first kappa shape index (κ1) is 29.0. The molecule has 2 nitrogen and oxygen atoms in total. The van der Waals surface area contributed by atoms with Crippen LogP contribution in [0.1, 0.15) is 86.1 Å². The van der Waals surface area contributed by atoms with Crippen molar-refractivity contribution in [1.82, 2.24) is 0 Å². The lowest BCUT2D eigenvalue weighted by Crippen LogP contribution is -2.43. The fourth-order valence-electron chi connectivity index (χ4n) is 14.2. The van der Waals surface area contributed by atoms with Crippen LogP contribution in [0.5, 0.6) is 0 Å². The maximum Gasteiger partial charge on any atom is 0.0992 e. The molecule has 2 spiro atoms. The molecule has 0 aromatic heterocycles. The van der Waals surface area contributed by atoms with Gasteiger partial charge in [0.2, 0.25) is 0 Å². The third kappa shape index (κ3) is 3.49. The summed E-state index contributed by atoms with van der Waals surface area (Å²) in [5.74, 6) is 5.61. The summed E-state index contributed by atoms with van der Waals surface area (Å²) in [5.41, 5.74) is 16.3. The first-order valence-electron chi connectivity index (χ1n) is 19.9. The Kier molecular flexibility index (Phi) is 5.71. The zero-order valence-electron chi connectivity index (χ0n) is 29.5. The van der Waals surface area contributed by atoms with Crippen molar-refractivity contribution in [1.29, 1.82) is 5.26 Å². The Balaban J connectivity index is 1.11. The summed E-state index contributed by atoms with van der Waals surface area (Å²) in [6.45, 7) is 2.59. The van der Waals surface area contributed by atoms with Crippen molar-refractivity contribution >= 4 is 17.1 Å². The van der Waals surface area contributed by atoms with Crippen LogP contribution < -0.4 is 4.90 Å². The highest BCUT2D eigenvalue weighted by Gasteiger charge is 2.62. The van der Waals surface area contributed by atoms with E-state index in [1.807, 2.05) is 6.07 Å². The van der Waals surface area contributed by atoms with Crippen LogP contribution in [0.25, 0.3) is 22.3 Å². The molecule has 9 atom stereocenters. The summed E-state index contributed by atoms with van der Waals surface area (Å²) >= 11 is 0. The standard InChI is InChI=1S/C49H44N2/c1-29-20-32-23-33-24-35(25-41(32)33)49(29)43-13-5-3-11-40(43)47-44(49)14-7-15-46(47)51(36-9-6-8-31(22-36)28-50)37-18-19-39-38-10-2-4-12-42(38)48(45(39)26-37)27-30-16-17-34(48)21-30/h2-15,18-19,22,26,29-30,32-35,41H,16-17,20-21,23-25,27H2,1H3/t29-,30?,32?,33+,34?,35+,41?,48?,49+/m0/s1. The van der Waals surface area contributed by atoms with Crippen molar-refractivity contribution in [3.8, 4) is 28.3 Å². The van der Waals surface area contributed by atoms with Crippen LogP contribution >= 0.6 is 0 Å². The van der Waals surface area contributed by atoms with Gasteiger partial charge in [-0.2, -0.15) is 5.26 Å². The van der Waals surface area contributed by atoms with Gasteiger partial charge in [-0.25, -0.2) is 0 Å². The van der Waals surface area contributed by atoms with Crippen molar-refractivity contribution in [2.45, 2.75) is 69.1 Å². The monoisotopic (exact) mass is 660 g/mol. The third-order valence-electron chi connectivity index (χ3n) is 15.9. The Bertz CT molecular complexity index is 2350. The normalized spacial score (nSPS) is 33.7. The highest BCUT2D eigenvalue weighted by molar-refractivity contribution is 5.96. The molecule has 0 aliphatic heterocycles. The number of benzene rings is 5. The van der Waals surface area contributed by atoms with E-state index >= 15 is 0 Å². The van der Waals surface area contributed by atoms with Crippen LogP contribution in [0.4, 0.5) is 17.1 Å².